The minimum atomic E-state index is -0.506. The summed E-state index contributed by atoms with van der Waals surface area (Å²) in [5.74, 6) is 0.910. The van der Waals surface area contributed by atoms with Crippen molar-refractivity contribution in [3.8, 4) is 5.75 Å². The van der Waals surface area contributed by atoms with Gasteiger partial charge in [0.1, 0.15) is 17.2 Å². The highest BCUT2D eigenvalue weighted by Crippen LogP contribution is 2.25. The van der Waals surface area contributed by atoms with Gasteiger partial charge in [-0.15, -0.1) is 10.2 Å². The van der Waals surface area contributed by atoms with Gasteiger partial charge >= 0.3 is 5.97 Å². The van der Waals surface area contributed by atoms with Crippen molar-refractivity contribution >= 4 is 11.8 Å². The smallest absolute Gasteiger partial charge is 0.358 e. The lowest BCUT2D eigenvalue weighted by Crippen LogP contribution is -2.24. The highest BCUT2D eigenvalue weighted by molar-refractivity contribution is 5.86. The number of hydrogen-bond donors (Lipinski definition) is 1. The fourth-order valence-corrected chi connectivity index (χ4v) is 2.06. The first-order chi connectivity index (χ1) is 11.3. The molecule has 1 N–H and O–H groups in total. The van der Waals surface area contributed by atoms with Gasteiger partial charge < -0.3 is 14.8 Å². The number of aromatic nitrogens is 2. The highest BCUT2D eigenvalue weighted by atomic mass is 16.5. The molecule has 0 aliphatic carbocycles. The van der Waals surface area contributed by atoms with E-state index >= 15 is 0 Å². The molecule has 0 saturated carbocycles. The molecule has 0 radical (unpaired) electrons. The van der Waals surface area contributed by atoms with Crippen molar-refractivity contribution in [3.63, 3.8) is 0 Å². The molecule has 2 rings (SSSR count). The Hall–Kier alpha value is -2.63. The number of esters is 1. The summed E-state index contributed by atoms with van der Waals surface area (Å²) < 4.78 is 10.6. The van der Waals surface area contributed by atoms with Crippen molar-refractivity contribution in [2.75, 3.05) is 12.4 Å². The van der Waals surface area contributed by atoms with Crippen LogP contribution >= 0.6 is 0 Å². The van der Waals surface area contributed by atoms with Crippen LogP contribution in [0.1, 0.15) is 42.4 Å². The molecule has 0 fully saturated rings. The van der Waals surface area contributed by atoms with Gasteiger partial charge in [-0.05, 0) is 51.5 Å². The summed E-state index contributed by atoms with van der Waals surface area (Å²) in [6.45, 7) is 8.62. The largest absolute Gasteiger partial charge is 0.488 e. The number of rotatable bonds is 5. The summed E-state index contributed by atoms with van der Waals surface area (Å²) in [4.78, 5) is 11.4. The lowest BCUT2D eigenvalue weighted by Gasteiger charge is -2.24. The Bertz CT molecular complexity index is 706. The van der Waals surface area contributed by atoms with E-state index in [0.29, 0.717) is 12.4 Å². The number of methoxy groups -OCH3 is 1. The number of benzene rings is 1. The quantitative estimate of drug-likeness (QED) is 0.848. The molecule has 1 aromatic carbocycles. The monoisotopic (exact) mass is 329 g/mol. The second-order valence-corrected chi connectivity index (χ2v) is 6.47. The molecule has 0 saturated heterocycles. The maximum atomic E-state index is 11.4. The summed E-state index contributed by atoms with van der Waals surface area (Å²) in [6.07, 6.45) is 0. The van der Waals surface area contributed by atoms with Gasteiger partial charge in [0, 0.05) is 12.1 Å². The van der Waals surface area contributed by atoms with Crippen LogP contribution in [0.15, 0.2) is 30.3 Å². The van der Waals surface area contributed by atoms with Crippen molar-refractivity contribution in [1.82, 2.24) is 10.2 Å². The molecule has 6 heteroatoms. The zero-order valence-electron chi connectivity index (χ0n) is 14.7. The third-order valence-electron chi connectivity index (χ3n) is 3.16. The number of carbonyl (C=O) groups is 1. The lowest BCUT2D eigenvalue weighted by atomic mass is 10.1. The minimum absolute atomic E-state index is 0.176. The molecule has 0 aliphatic rings. The molecule has 0 aliphatic heterocycles. The second kappa shape index (κ2) is 7.29. The fraction of sp³-hybridized carbons (Fsp3) is 0.389. The van der Waals surface area contributed by atoms with E-state index in [4.69, 9.17) is 4.74 Å². The summed E-state index contributed by atoms with van der Waals surface area (Å²) in [7, 11) is 1.31. The molecule has 128 valence electrons. The van der Waals surface area contributed by atoms with E-state index in [2.05, 4.69) is 20.3 Å². The van der Waals surface area contributed by atoms with Crippen LogP contribution in [0, 0.1) is 6.92 Å². The zero-order valence-corrected chi connectivity index (χ0v) is 14.7. The molecule has 2 aromatic rings. The Morgan fingerprint density at radius 2 is 1.92 bits per heavy atom. The first kappa shape index (κ1) is 17.7. The van der Waals surface area contributed by atoms with E-state index in [9.17, 15) is 4.79 Å². The van der Waals surface area contributed by atoms with Crippen LogP contribution in [0.25, 0.3) is 0 Å². The molecule has 0 bridgehead atoms. The van der Waals surface area contributed by atoms with Crippen LogP contribution in [0.3, 0.4) is 0 Å². The van der Waals surface area contributed by atoms with Gasteiger partial charge in [-0.3, -0.25) is 0 Å². The molecule has 0 atom stereocenters. The highest BCUT2D eigenvalue weighted by Gasteiger charge is 2.15. The molecule has 0 amide bonds. The molecular formula is C18H23N3O3. The number of nitrogens with one attached hydrogen (secondary N) is 1. The third kappa shape index (κ3) is 4.94. The van der Waals surface area contributed by atoms with Crippen molar-refractivity contribution in [3.05, 3.63) is 47.2 Å². The second-order valence-electron chi connectivity index (χ2n) is 6.47. The standard InChI is InChI=1S/C18H23N3O3/c1-12-6-7-13(15(10-12)24-18(2,3)4)11-19-16-9-8-14(20-21-16)17(22)23-5/h6-10H,11H2,1-5H3,(H,19,21). The van der Waals surface area contributed by atoms with Crippen LogP contribution in [-0.4, -0.2) is 28.9 Å². The number of ether oxygens (including phenoxy) is 2. The Morgan fingerprint density at radius 1 is 1.17 bits per heavy atom. The first-order valence-corrected chi connectivity index (χ1v) is 7.73. The normalized spacial score (nSPS) is 11.0. The number of anilines is 1. The van der Waals surface area contributed by atoms with Crippen molar-refractivity contribution in [1.29, 1.82) is 0 Å². The van der Waals surface area contributed by atoms with Crippen molar-refractivity contribution in [2.45, 2.75) is 39.8 Å². The summed E-state index contributed by atoms with van der Waals surface area (Å²) in [5.41, 5.74) is 2.06. The Labute approximate surface area is 142 Å². The van der Waals surface area contributed by atoms with E-state index in [0.717, 1.165) is 16.9 Å². The first-order valence-electron chi connectivity index (χ1n) is 7.73. The predicted molar refractivity (Wildman–Crippen MR) is 92.3 cm³/mol. The molecular weight excluding hydrogens is 306 g/mol. The molecule has 24 heavy (non-hydrogen) atoms. The molecule has 0 spiro atoms. The topological polar surface area (TPSA) is 73.3 Å². The molecule has 1 aromatic heterocycles. The van der Waals surface area contributed by atoms with Crippen LogP contribution in [0.4, 0.5) is 5.82 Å². The van der Waals surface area contributed by atoms with Gasteiger partial charge in [0.05, 0.1) is 7.11 Å². The van der Waals surface area contributed by atoms with Gasteiger partial charge in [-0.2, -0.15) is 0 Å². The molecule has 1 heterocycles. The number of carbonyl (C=O) groups excluding carboxylic acids is 1. The number of aryl methyl sites for hydroxylation is 1. The van der Waals surface area contributed by atoms with Crippen LogP contribution in [0.5, 0.6) is 5.75 Å². The fourth-order valence-electron chi connectivity index (χ4n) is 2.06. The van der Waals surface area contributed by atoms with Crippen LogP contribution < -0.4 is 10.1 Å². The molecule has 0 unspecified atom stereocenters. The number of hydrogen-bond acceptors (Lipinski definition) is 6. The van der Waals surface area contributed by atoms with Crippen LogP contribution in [0.2, 0.25) is 0 Å². The SMILES string of the molecule is COC(=O)c1ccc(NCc2ccc(C)cc2OC(C)(C)C)nn1. The van der Waals surface area contributed by atoms with Crippen molar-refractivity contribution in [2.24, 2.45) is 0 Å². The van der Waals surface area contributed by atoms with Gasteiger partial charge in [-0.25, -0.2) is 4.79 Å². The Balaban J connectivity index is 2.10. The van der Waals surface area contributed by atoms with Gasteiger partial charge in [0.15, 0.2) is 5.69 Å². The maximum absolute atomic E-state index is 11.4. The summed E-state index contributed by atoms with van der Waals surface area (Å²) in [5, 5.41) is 11.0. The van der Waals surface area contributed by atoms with Gasteiger partial charge in [-0.1, -0.05) is 12.1 Å². The van der Waals surface area contributed by atoms with Gasteiger partial charge in [0.25, 0.3) is 0 Å². The van der Waals surface area contributed by atoms with Gasteiger partial charge in [0.2, 0.25) is 0 Å². The van der Waals surface area contributed by atoms with E-state index in [1.807, 2.05) is 45.9 Å². The lowest BCUT2D eigenvalue weighted by molar-refractivity contribution is 0.0592. The Morgan fingerprint density at radius 3 is 2.50 bits per heavy atom. The minimum Gasteiger partial charge on any atom is -0.488 e. The van der Waals surface area contributed by atoms with E-state index in [1.165, 1.54) is 7.11 Å². The van der Waals surface area contributed by atoms with E-state index < -0.39 is 5.97 Å². The van der Waals surface area contributed by atoms with E-state index in [1.54, 1.807) is 12.1 Å². The van der Waals surface area contributed by atoms with Crippen molar-refractivity contribution < 1.29 is 14.3 Å². The zero-order chi connectivity index (χ0) is 17.7. The number of nitrogens with zero attached hydrogens (tertiary/aromatic N) is 2. The average molecular weight is 329 g/mol. The van der Waals surface area contributed by atoms with Crippen LogP contribution in [-0.2, 0) is 11.3 Å². The third-order valence-corrected chi connectivity index (χ3v) is 3.16. The predicted octanol–water partition coefficient (Wildman–Crippen LogP) is 3.36. The molecule has 6 nitrogen and oxygen atoms in total. The summed E-state index contributed by atoms with van der Waals surface area (Å²) in [6, 6.07) is 9.35. The average Bonchev–Trinajstić information content (AvgIpc) is 2.52. The Kier molecular flexibility index (Phi) is 5.39. The summed E-state index contributed by atoms with van der Waals surface area (Å²) >= 11 is 0. The maximum Gasteiger partial charge on any atom is 0.358 e. The van der Waals surface area contributed by atoms with E-state index in [-0.39, 0.29) is 11.3 Å².